The molecule has 3 heteroatoms. The first-order chi connectivity index (χ1) is 9.13. The molecule has 3 rings (SSSR count). The highest BCUT2D eigenvalue weighted by Gasteiger charge is 2.26. The standard InChI is InChI=1S/C16H19N3/c1-10(2)14-9-15(11-6-7-11)19-16(18-14)12-4-3-5-13(17)8-12/h3-5,8-11H,6-7,17H2,1-2H3. The van der Waals surface area contributed by atoms with Crippen molar-refractivity contribution in [3.63, 3.8) is 0 Å². The van der Waals surface area contributed by atoms with Gasteiger partial charge in [0.05, 0.1) is 0 Å². The third kappa shape index (κ3) is 2.60. The monoisotopic (exact) mass is 253 g/mol. The summed E-state index contributed by atoms with van der Waals surface area (Å²) in [5.74, 6) is 1.86. The smallest absolute Gasteiger partial charge is 0.159 e. The molecule has 2 N–H and O–H groups in total. The highest BCUT2D eigenvalue weighted by atomic mass is 14.9. The van der Waals surface area contributed by atoms with Gasteiger partial charge in [0, 0.05) is 28.6 Å². The summed E-state index contributed by atoms with van der Waals surface area (Å²) < 4.78 is 0. The number of benzene rings is 1. The van der Waals surface area contributed by atoms with Crippen LogP contribution >= 0.6 is 0 Å². The van der Waals surface area contributed by atoms with E-state index >= 15 is 0 Å². The summed E-state index contributed by atoms with van der Waals surface area (Å²) in [6, 6.07) is 9.96. The van der Waals surface area contributed by atoms with Gasteiger partial charge in [0.2, 0.25) is 0 Å². The maximum absolute atomic E-state index is 5.85. The van der Waals surface area contributed by atoms with E-state index in [9.17, 15) is 0 Å². The van der Waals surface area contributed by atoms with E-state index in [1.165, 1.54) is 18.5 Å². The van der Waals surface area contributed by atoms with Crippen LogP contribution in [0.4, 0.5) is 5.69 Å². The van der Waals surface area contributed by atoms with E-state index in [2.05, 4.69) is 24.9 Å². The molecule has 1 aliphatic carbocycles. The Morgan fingerprint density at radius 2 is 1.95 bits per heavy atom. The SMILES string of the molecule is CC(C)c1cc(C2CC2)nc(-c2cccc(N)c2)n1. The Morgan fingerprint density at radius 3 is 2.58 bits per heavy atom. The van der Waals surface area contributed by atoms with Crippen LogP contribution in [0.2, 0.25) is 0 Å². The van der Waals surface area contributed by atoms with Crippen molar-refractivity contribution in [1.82, 2.24) is 9.97 Å². The van der Waals surface area contributed by atoms with Crippen LogP contribution < -0.4 is 5.73 Å². The Morgan fingerprint density at radius 1 is 1.16 bits per heavy atom. The first-order valence-electron chi connectivity index (χ1n) is 6.88. The van der Waals surface area contributed by atoms with Gasteiger partial charge in [0.25, 0.3) is 0 Å². The van der Waals surface area contributed by atoms with Crippen molar-refractivity contribution < 1.29 is 0 Å². The summed E-state index contributed by atoms with van der Waals surface area (Å²) >= 11 is 0. The Balaban J connectivity index is 2.09. The Bertz CT molecular complexity index is 580. The number of anilines is 1. The second-order valence-electron chi connectivity index (χ2n) is 5.60. The zero-order valence-electron chi connectivity index (χ0n) is 11.4. The Hall–Kier alpha value is -1.90. The van der Waals surface area contributed by atoms with Gasteiger partial charge in [-0.2, -0.15) is 0 Å². The van der Waals surface area contributed by atoms with E-state index < -0.39 is 0 Å². The van der Waals surface area contributed by atoms with Crippen LogP contribution in [0.15, 0.2) is 30.3 Å². The van der Waals surface area contributed by atoms with Gasteiger partial charge in [0.1, 0.15) is 0 Å². The Kier molecular flexibility index (Phi) is 2.97. The third-order valence-electron chi connectivity index (χ3n) is 3.50. The lowest BCUT2D eigenvalue weighted by Crippen LogP contribution is -2.01. The van der Waals surface area contributed by atoms with Crippen molar-refractivity contribution in [2.24, 2.45) is 0 Å². The van der Waals surface area contributed by atoms with E-state index in [0.717, 1.165) is 22.8 Å². The Labute approximate surface area is 113 Å². The van der Waals surface area contributed by atoms with Crippen LogP contribution in [0, 0.1) is 0 Å². The molecule has 0 saturated heterocycles. The molecule has 0 aliphatic heterocycles. The van der Waals surface area contributed by atoms with Crippen LogP contribution in [-0.2, 0) is 0 Å². The van der Waals surface area contributed by atoms with Crippen molar-refractivity contribution >= 4 is 5.69 Å². The fourth-order valence-electron chi connectivity index (χ4n) is 2.18. The maximum atomic E-state index is 5.85. The third-order valence-corrected chi connectivity index (χ3v) is 3.50. The van der Waals surface area contributed by atoms with Crippen LogP contribution in [-0.4, -0.2) is 9.97 Å². The maximum Gasteiger partial charge on any atom is 0.159 e. The average Bonchev–Trinajstić information content (AvgIpc) is 3.22. The van der Waals surface area contributed by atoms with Gasteiger partial charge in [-0.3, -0.25) is 0 Å². The van der Waals surface area contributed by atoms with E-state index in [1.54, 1.807) is 0 Å². The van der Waals surface area contributed by atoms with Crippen LogP contribution in [0.1, 0.15) is 49.9 Å². The molecule has 98 valence electrons. The molecule has 19 heavy (non-hydrogen) atoms. The van der Waals surface area contributed by atoms with E-state index in [1.807, 2.05) is 24.3 Å². The minimum absolute atomic E-state index is 0.417. The first kappa shape index (κ1) is 12.2. The second-order valence-corrected chi connectivity index (χ2v) is 5.60. The molecule has 0 bridgehead atoms. The molecule has 0 amide bonds. The van der Waals surface area contributed by atoms with Crippen molar-refractivity contribution in [3.8, 4) is 11.4 Å². The molecule has 1 aliphatic rings. The quantitative estimate of drug-likeness (QED) is 0.848. The fourth-order valence-corrected chi connectivity index (χ4v) is 2.18. The van der Waals surface area contributed by atoms with Gasteiger partial charge in [-0.15, -0.1) is 0 Å². The molecule has 2 aromatic rings. The largest absolute Gasteiger partial charge is 0.399 e. The molecule has 1 aromatic carbocycles. The van der Waals surface area contributed by atoms with Crippen molar-refractivity contribution in [2.75, 3.05) is 5.73 Å². The van der Waals surface area contributed by atoms with E-state index in [-0.39, 0.29) is 0 Å². The molecule has 0 spiro atoms. The highest BCUT2D eigenvalue weighted by molar-refractivity contribution is 5.61. The fraction of sp³-hybridized carbons (Fsp3) is 0.375. The van der Waals surface area contributed by atoms with Crippen molar-refractivity contribution in [1.29, 1.82) is 0 Å². The summed E-state index contributed by atoms with van der Waals surface area (Å²) in [5, 5.41) is 0. The number of nitrogens with two attached hydrogens (primary N) is 1. The van der Waals surface area contributed by atoms with Crippen LogP contribution in [0.3, 0.4) is 0 Å². The molecule has 3 nitrogen and oxygen atoms in total. The van der Waals surface area contributed by atoms with Crippen molar-refractivity contribution in [2.45, 2.75) is 38.5 Å². The molecular weight excluding hydrogens is 234 g/mol. The number of aromatic nitrogens is 2. The van der Waals surface area contributed by atoms with Gasteiger partial charge in [0.15, 0.2) is 5.82 Å². The summed E-state index contributed by atoms with van der Waals surface area (Å²) in [6.07, 6.45) is 2.51. The molecule has 1 fully saturated rings. The number of rotatable bonds is 3. The predicted octanol–water partition coefficient (Wildman–Crippen LogP) is 3.73. The van der Waals surface area contributed by atoms with Gasteiger partial charge >= 0.3 is 0 Å². The molecule has 0 radical (unpaired) electrons. The summed E-state index contributed by atoms with van der Waals surface area (Å²) in [5.41, 5.74) is 9.92. The molecule has 0 atom stereocenters. The zero-order chi connectivity index (χ0) is 13.4. The lowest BCUT2D eigenvalue weighted by atomic mass is 10.1. The summed E-state index contributed by atoms with van der Waals surface area (Å²) in [4.78, 5) is 9.41. The molecule has 1 heterocycles. The summed E-state index contributed by atoms with van der Waals surface area (Å²) in [7, 11) is 0. The minimum Gasteiger partial charge on any atom is -0.399 e. The lowest BCUT2D eigenvalue weighted by molar-refractivity contribution is 0.804. The number of hydrogen-bond acceptors (Lipinski definition) is 3. The molecule has 1 saturated carbocycles. The van der Waals surface area contributed by atoms with E-state index in [0.29, 0.717) is 11.8 Å². The van der Waals surface area contributed by atoms with Gasteiger partial charge in [-0.1, -0.05) is 26.0 Å². The van der Waals surface area contributed by atoms with Gasteiger partial charge in [-0.05, 0) is 37.0 Å². The topological polar surface area (TPSA) is 51.8 Å². The average molecular weight is 253 g/mol. The highest BCUT2D eigenvalue weighted by Crippen LogP contribution is 2.40. The lowest BCUT2D eigenvalue weighted by Gasteiger charge is -2.10. The molecular formula is C16H19N3. The zero-order valence-corrected chi connectivity index (χ0v) is 11.4. The summed E-state index contributed by atoms with van der Waals surface area (Å²) in [6.45, 7) is 4.34. The van der Waals surface area contributed by atoms with Crippen LogP contribution in [0.5, 0.6) is 0 Å². The minimum atomic E-state index is 0.417. The van der Waals surface area contributed by atoms with E-state index in [4.69, 9.17) is 10.7 Å². The predicted molar refractivity (Wildman–Crippen MR) is 77.9 cm³/mol. The van der Waals surface area contributed by atoms with Gasteiger partial charge in [-0.25, -0.2) is 9.97 Å². The second kappa shape index (κ2) is 4.65. The number of hydrogen-bond donors (Lipinski definition) is 1. The first-order valence-corrected chi connectivity index (χ1v) is 6.88. The van der Waals surface area contributed by atoms with Crippen molar-refractivity contribution in [3.05, 3.63) is 41.7 Å². The van der Waals surface area contributed by atoms with Crippen LogP contribution in [0.25, 0.3) is 11.4 Å². The van der Waals surface area contributed by atoms with Gasteiger partial charge < -0.3 is 5.73 Å². The molecule has 0 unspecified atom stereocenters. The molecule has 1 aromatic heterocycles. The number of nitrogen functional groups attached to an aromatic ring is 1. The normalized spacial score (nSPS) is 14.9. The number of nitrogens with zero attached hydrogens (tertiary/aromatic N) is 2.